The van der Waals surface area contributed by atoms with E-state index in [1.54, 1.807) is 4.68 Å². The van der Waals surface area contributed by atoms with Crippen LogP contribution < -0.4 is 10.6 Å². The van der Waals surface area contributed by atoms with Gasteiger partial charge in [-0.15, -0.1) is 0 Å². The van der Waals surface area contributed by atoms with Crippen molar-refractivity contribution >= 4 is 11.7 Å². The lowest BCUT2D eigenvalue weighted by molar-refractivity contribution is -0.115. The first-order valence-corrected chi connectivity index (χ1v) is 9.02. The molecule has 0 fully saturated rings. The van der Waals surface area contributed by atoms with Crippen LogP contribution in [-0.2, 0) is 10.2 Å². The summed E-state index contributed by atoms with van der Waals surface area (Å²) in [4.78, 5) is 12.4. The van der Waals surface area contributed by atoms with Crippen molar-refractivity contribution in [1.29, 1.82) is 0 Å². The van der Waals surface area contributed by atoms with Crippen LogP contribution in [0.4, 0.5) is 5.82 Å². The molecule has 0 aliphatic heterocycles. The summed E-state index contributed by atoms with van der Waals surface area (Å²) in [6.45, 7) is 10.4. The van der Waals surface area contributed by atoms with E-state index in [9.17, 15) is 9.90 Å². The van der Waals surface area contributed by atoms with Crippen molar-refractivity contribution in [2.24, 2.45) is 5.92 Å². The van der Waals surface area contributed by atoms with E-state index in [0.717, 1.165) is 11.4 Å². The Morgan fingerprint density at radius 2 is 1.88 bits per heavy atom. The zero-order chi connectivity index (χ0) is 19.3. The van der Waals surface area contributed by atoms with Crippen LogP contribution in [0.1, 0.15) is 40.3 Å². The van der Waals surface area contributed by atoms with E-state index in [4.69, 9.17) is 0 Å². The summed E-state index contributed by atoms with van der Waals surface area (Å²) in [6.07, 6.45) is 0. The van der Waals surface area contributed by atoms with Gasteiger partial charge in [0.25, 0.3) is 0 Å². The second kappa shape index (κ2) is 8.47. The average molecular weight is 358 g/mol. The van der Waals surface area contributed by atoms with Crippen molar-refractivity contribution in [3.8, 4) is 5.69 Å². The largest absolute Gasteiger partial charge is 0.396 e. The van der Waals surface area contributed by atoms with Gasteiger partial charge in [-0.1, -0.05) is 45.9 Å². The summed E-state index contributed by atoms with van der Waals surface area (Å²) in [5.41, 5.74) is 1.68. The second-order valence-electron chi connectivity index (χ2n) is 7.79. The molecule has 2 atom stereocenters. The molecule has 142 valence electrons. The van der Waals surface area contributed by atoms with Gasteiger partial charge in [-0.05, 0) is 25.0 Å². The molecule has 1 aromatic heterocycles. The fourth-order valence-corrected chi connectivity index (χ4v) is 2.40. The van der Waals surface area contributed by atoms with Gasteiger partial charge in [0.05, 0.1) is 17.9 Å². The summed E-state index contributed by atoms with van der Waals surface area (Å²) in [7, 11) is 0. The van der Waals surface area contributed by atoms with Crippen molar-refractivity contribution in [2.75, 3.05) is 18.5 Å². The molecule has 0 radical (unpaired) electrons. The molecule has 0 aliphatic rings. The lowest BCUT2D eigenvalue weighted by Gasteiger charge is -2.19. The predicted octanol–water partition coefficient (Wildman–Crippen LogP) is 2.71. The molecule has 0 bridgehead atoms. The highest BCUT2D eigenvalue weighted by Gasteiger charge is 2.21. The summed E-state index contributed by atoms with van der Waals surface area (Å²) >= 11 is 0. The van der Waals surface area contributed by atoms with Crippen molar-refractivity contribution in [2.45, 2.75) is 46.1 Å². The number of hydrogen-bond donors (Lipinski definition) is 3. The van der Waals surface area contributed by atoms with E-state index < -0.39 is 0 Å². The van der Waals surface area contributed by atoms with Gasteiger partial charge < -0.3 is 15.7 Å². The smallest absolute Gasteiger partial charge is 0.239 e. The minimum atomic E-state index is -0.139. The standard InChI is InChI=1S/C20H30N4O2/c1-14(13-25)15(2)21-12-19(26)22-18-11-17(20(3,4)5)23-24(18)16-9-7-6-8-10-16/h6-11,14-15,21,25H,12-13H2,1-5H3,(H,22,26). The van der Waals surface area contributed by atoms with E-state index in [0.29, 0.717) is 5.82 Å². The first kappa shape index (κ1) is 20.1. The summed E-state index contributed by atoms with van der Waals surface area (Å²) in [6, 6.07) is 11.7. The molecule has 0 saturated heterocycles. The van der Waals surface area contributed by atoms with Crippen molar-refractivity contribution < 1.29 is 9.90 Å². The van der Waals surface area contributed by atoms with Crippen LogP contribution in [0.2, 0.25) is 0 Å². The Balaban J connectivity index is 2.17. The third kappa shape index (κ3) is 5.16. The van der Waals surface area contributed by atoms with Crippen LogP contribution >= 0.6 is 0 Å². The van der Waals surface area contributed by atoms with Crippen molar-refractivity contribution in [1.82, 2.24) is 15.1 Å². The maximum atomic E-state index is 12.4. The first-order valence-electron chi connectivity index (χ1n) is 9.02. The average Bonchev–Trinajstić information content (AvgIpc) is 3.03. The van der Waals surface area contributed by atoms with Gasteiger partial charge in [0, 0.05) is 24.1 Å². The van der Waals surface area contributed by atoms with Gasteiger partial charge >= 0.3 is 0 Å². The Morgan fingerprint density at radius 1 is 1.23 bits per heavy atom. The third-order valence-electron chi connectivity index (χ3n) is 4.47. The van der Waals surface area contributed by atoms with Crippen LogP contribution in [-0.4, -0.2) is 40.0 Å². The van der Waals surface area contributed by atoms with Gasteiger partial charge in [0.2, 0.25) is 5.91 Å². The number of carbonyl (C=O) groups excluding carboxylic acids is 1. The molecule has 1 aromatic carbocycles. The number of carbonyl (C=O) groups is 1. The number of aliphatic hydroxyl groups is 1. The maximum absolute atomic E-state index is 12.4. The van der Waals surface area contributed by atoms with E-state index in [-0.39, 0.29) is 36.4 Å². The maximum Gasteiger partial charge on any atom is 0.239 e. The van der Waals surface area contributed by atoms with Crippen LogP contribution in [0, 0.1) is 5.92 Å². The normalized spacial score (nSPS) is 14.1. The van der Waals surface area contributed by atoms with Crippen molar-refractivity contribution in [3.63, 3.8) is 0 Å². The number of para-hydroxylation sites is 1. The highest BCUT2D eigenvalue weighted by Crippen LogP contribution is 2.26. The molecule has 0 saturated carbocycles. The van der Waals surface area contributed by atoms with Gasteiger partial charge in [-0.2, -0.15) is 5.10 Å². The Hall–Kier alpha value is -2.18. The Kier molecular flexibility index (Phi) is 6.56. The number of aliphatic hydroxyl groups excluding tert-OH is 1. The molecule has 2 rings (SSSR count). The zero-order valence-electron chi connectivity index (χ0n) is 16.3. The van der Waals surface area contributed by atoms with E-state index >= 15 is 0 Å². The zero-order valence-corrected chi connectivity index (χ0v) is 16.3. The molecular weight excluding hydrogens is 328 g/mol. The van der Waals surface area contributed by atoms with Crippen LogP contribution in [0.5, 0.6) is 0 Å². The highest BCUT2D eigenvalue weighted by atomic mass is 16.3. The number of nitrogens with one attached hydrogen (secondary N) is 2. The molecule has 2 aromatic rings. The molecule has 0 spiro atoms. The lowest BCUT2D eigenvalue weighted by Crippen LogP contribution is -2.39. The number of anilines is 1. The minimum Gasteiger partial charge on any atom is -0.396 e. The molecule has 6 heteroatoms. The molecule has 26 heavy (non-hydrogen) atoms. The Bertz CT molecular complexity index is 719. The number of rotatable bonds is 7. The van der Waals surface area contributed by atoms with Crippen LogP contribution in [0.25, 0.3) is 5.69 Å². The van der Waals surface area contributed by atoms with E-state index in [2.05, 4.69) is 36.5 Å². The summed E-state index contributed by atoms with van der Waals surface area (Å²) < 4.78 is 1.76. The van der Waals surface area contributed by atoms with Gasteiger partial charge in [-0.3, -0.25) is 4.79 Å². The van der Waals surface area contributed by atoms with Crippen molar-refractivity contribution in [3.05, 3.63) is 42.1 Å². The fourth-order valence-electron chi connectivity index (χ4n) is 2.40. The quantitative estimate of drug-likeness (QED) is 0.711. The summed E-state index contributed by atoms with van der Waals surface area (Å²) in [5, 5.41) is 20.0. The third-order valence-corrected chi connectivity index (χ3v) is 4.47. The fraction of sp³-hybridized carbons (Fsp3) is 0.500. The first-order chi connectivity index (χ1) is 12.2. The van der Waals surface area contributed by atoms with Crippen LogP contribution in [0.15, 0.2) is 36.4 Å². The molecule has 0 aliphatic carbocycles. The number of nitrogens with zero attached hydrogens (tertiary/aromatic N) is 2. The Labute approximate surface area is 155 Å². The van der Waals surface area contributed by atoms with Crippen LogP contribution in [0.3, 0.4) is 0 Å². The van der Waals surface area contributed by atoms with Gasteiger partial charge in [0.1, 0.15) is 5.82 Å². The SMILES string of the molecule is CC(CO)C(C)NCC(=O)Nc1cc(C(C)(C)C)nn1-c1ccccc1. The monoisotopic (exact) mass is 358 g/mol. The van der Waals surface area contributed by atoms with Gasteiger partial charge in [-0.25, -0.2) is 4.68 Å². The second-order valence-corrected chi connectivity index (χ2v) is 7.79. The number of benzene rings is 1. The Morgan fingerprint density at radius 3 is 2.46 bits per heavy atom. The molecule has 6 nitrogen and oxygen atoms in total. The van der Waals surface area contributed by atoms with E-state index in [1.165, 1.54) is 0 Å². The molecule has 1 amide bonds. The number of aromatic nitrogens is 2. The predicted molar refractivity (Wildman–Crippen MR) is 105 cm³/mol. The number of hydrogen-bond acceptors (Lipinski definition) is 4. The van der Waals surface area contributed by atoms with Gasteiger partial charge in [0.15, 0.2) is 0 Å². The summed E-state index contributed by atoms with van der Waals surface area (Å²) in [5.74, 6) is 0.598. The lowest BCUT2D eigenvalue weighted by atomic mass is 9.92. The molecule has 3 N–H and O–H groups in total. The topological polar surface area (TPSA) is 79.2 Å². The van der Waals surface area contributed by atoms with E-state index in [1.807, 2.05) is 50.2 Å². The molecule has 2 unspecified atom stereocenters. The number of amides is 1. The molecule has 1 heterocycles. The highest BCUT2D eigenvalue weighted by molar-refractivity contribution is 5.91. The molecular formula is C20H30N4O2. The minimum absolute atomic E-state index is 0.0509.